The van der Waals surface area contributed by atoms with Gasteiger partial charge in [0.15, 0.2) is 11.5 Å². The van der Waals surface area contributed by atoms with Gasteiger partial charge in [-0.05, 0) is 72.6 Å². The average Bonchev–Trinajstić information content (AvgIpc) is 2.65. The van der Waals surface area contributed by atoms with Crippen LogP contribution in [-0.4, -0.2) is 24.4 Å². The van der Waals surface area contributed by atoms with Gasteiger partial charge in [-0.15, -0.1) is 0 Å². The van der Waals surface area contributed by atoms with Gasteiger partial charge in [0.2, 0.25) is 0 Å². The number of allylic oxidation sites excluding steroid dienone is 1. The van der Waals surface area contributed by atoms with Crippen LogP contribution in [0.1, 0.15) is 77.0 Å². The van der Waals surface area contributed by atoms with Gasteiger partial charge in [0.1, 0.15) is 6.10 Å². The Morgan fingerprint density at radius 3 is 2.46 bits per heavy atom. The van der Waals surface area contributed by atoms with Crippen molar-refractivity contribution in [3.8, 4) is 11.5 Å². The summed E-state index contributed by atoms with van der Waals surface area (Å²) >= 11 is 0. The normalized spacial score (nSPS) is 27.9. The van der Waals surface area contributed by atoms with Crippen molar-refractivity contribution in [3.63, 3.8) is 0 Å². The Bertz CT molecular complexity index is 764. The van der Waals surface area contributed by atoms with Crippen molar-refractivity contribution in [1.29, 1.82) is 0 Å². The van der Waals surface area contributed by atoms with Crippen molar-refractivity contribution in [3.05, 3.63) is 34.4 Å². The SMILES string of the molecule is COc1cc(CO)cc([C@@H](O)C2=C(C)CC[C@H]3C(C)(C)CCC[C@]23C)c1OC. The second-order valence-corrected chi connectivity index (χ2v) is 9.53. The lowest BCUT2D eigenvalue weighted by Gasteiger charge is -2.56. The lowest BCUT2D eigenvalue weighted by Crippen LogP contribution is -2.46. The van der Waals surface area contributed by atoms with Crippen molar-refractivity contribution in [1.82, 2.24) is 0 Å². The summed E-state index contributed by atoms with van der Waals surface area (Å²) in [6.45, 7) is 9.18. The van der Waals surface area contributed by atoms with Gasteiger partial charge in [0.05, 0.1) is 20.8 Å². The van der Waals surface area contributed by atoms with Crippen LogP contribution in [0.15, 0.2) is 23.3 Å². The summed E-state index contributed by atoms with van der Waals surface area (Å²) in [6, 6.07) is 3.62. The molecule has 4 nitrogen and oxygen atoms in total. The molecule has 0 radical (unpaired) electrons. The fourth-order valence-corrected chi connectivity index (χ4v) is 6.19. The van der Waals surface area contributed by atoms with E-state index in [-0.39, 0.29) is 17.4 Å². The molecule has 1 fully saturated rings. The van der Waals surface area contributed by atoms with Crippen molar-refractivity contribution >= 4 is 0 Å². The first kappa shape index (κ1) is 21.2. The molecule has 1 saturated carbocycles. The molecule has 2 aliphatic carbocycles. The monoisotopic (exact) mass is 388 g/mol. The summed E-state index contributed by atoms with van der Waals surface area (Å²) in [7, 11) is 3.18. The van der Waals surface area contributed by atoms with Crippen LogP contribution >= 0.6 is 0 Å². The van der Waals surface area contributed by atoms with E-state index in [4.69, 9.17) is 9.47 Å². The van der Waals surface area contributed by atoms with E-state index in [1.54, 1.807) is 20.3 Å². The molecule has 0 saturated heterocycles. The van der Waals surface area contributed by atoms with Crippen LogP contribution in [0, 0.1) is 16.7 Å². The van der Waals surface area contributed by atoms with Crippen molar-refractivity contribution in [2.75, 3.05) is 14.2 Å². The molecule has 2 N–H and O–H groups in total. The molecule has 0 aromatic heterocycles. The van der Waals surface area contributed by atoms with Gasteiger partial charge in [0, 0.05) is 5.56 Å². The maximum absolute atomic E-state index is 11.7. The molecule has 1 aromatic rings. The molecule has 2 aliphatic rings. The van der Waals surface area contributed by atoms with Gasteiger partial charge in [0.25, 0.3) is 0 Å². The topological polar surface area (TPSA) is 58.9 Å². The predicted molar refractivity (Wildman–Crippen MR) is 112 cm³/mol. The minimum atomic E-state index is -0.767. The zero-order valence-corrected chi connectivity index (χ0v) is 18.3. The first-order valence-corrected chi connectivity index (χ1v) is 10.4. The third kappa shape index (κ3) is 3.35. The van der Waals surface area contributed by atoms with Crippen LogP contribution in [-0.2, 0) is 6.61 Å². The third-order valence-corrected chi connectivity index (χ3v) is 7.43. The summed E-state index contributed by atoms with van der Waals surface area (Å²) < 4.78 is 11.1. The molecule has 3 rings (SSSR count). The largest absolute Gasteiger partial charge is 0.493 e. The Hall–Kier alpha value is -1.52. The van der Waals surface area contributed by atoms with E-state index in [9.17, 15) is 10.2 Å². The molecule has 0 bridgehead atoms. The van der Waals surface area contributed by atoms with E-state index >= 15 is 0 Å². The highest BCUT2D eigenvalue weighted by Gasteiger charge is 2.52. The molecule has 28 heavy (non-hydrogen) atoms. The zero-order valence-electron chi connectivity index (χ0n) is 18.3. The highest BCUT2D eigenvalue weighted by atomic mass is 16.5. The molecule has 0 heterocycles. The molecule has 4 heteroatoms. The Morgan fingerprint density at radius 1 is 1.14 bits per heavy atom. The Morgan fingerprint density at radius 2 is 1.86 bits per heavy atom. The average molecular weight is 389 g/mol. The number of benzene rings is 1. The lowest BCUT2D eigenvalue weighted by molar-refractivity contribution is -0.00456. The van der Waals surface area contributed by atoms with E-state index in [0.29, 0.717) is 28.5 Å². The highest BCUT2D eigenvalue weighted by Crippen LogP contribution is 2.62. The van der Waals surface area contributed by atoms with Crippen LogP contribution in [0.2, 0.25) is 0 Å². The molecule has 1 aromatic carbocycles. The fourth-order valence-electron chi connectivity index (χ4n) is 6.19. The van der Waals surface area contributed by atoms with Crippen molar-refractivity contribution in [2.24, 2.45) is 16.7 Å². The Kier molecular flexibility index (Phi) is 5.84. The van der Waals surface area contributed by atoms with Gasteiger partial charge < -0.3 is 19.7 Å². The smallest absolute Gasteiger partial charge is 0.166 e. The lowest BCUT2D eigenvalue weighted by atomic mass is 9.49. The second-order valence-electron chi connectivity index (χ2n) is 9.53. The molecule has 3 atom stereocenters. The number of aliphatic hydroxyl groups is 2. The number of rotatable bonds is 5. The fraction of sp³-hybridized carbons (Fsp3) is 0.667. The van der Waals surface area contributed by atoms with Crippen LogP contribution in [0.3, 0.4) is 0 Å². The maximum Gasteiger partial charge on any atom is 0.166 e. The van der Waals surface area contributed by atoms with Gasteiger partial charge >= 0.3 is 0 Å². The van der Waals surface area contributed by atoms with Crippen LogP contribution in [0.5, 0.6) is 11.5 Å². The maximum atomic E-state index is 11.7. The van der Waals surface area contributed by atoms with Gasteiger partial charge in [-0.25, -0.2) is 0 Å². The van der Waals surface area contributed by atoms with Gasteiger partial charge in [-0.3, -0.25) is 0 Å². The number of aliphatic hydroxyl groups excluding tert-OH is 2. The minimum absolute atomic E-state index is 0.0308. The van der Waals surface area contributed by atoms with Crippen LogP contribution < -0.4 is 9.47 Å². The Balaban J connectivity index is 2.14. The summed E-state index contributed by atoms with van der Waals surface area (Å²) in [6.07, 6.45) is 4.96. The molecule has 0 spiro atoms. The molecule has 0 aliphatic heterocycles. The molecular weight excluding hydrogens is 352 g/mol. The molecule has 0 unspecified atom stereocenters. The number of fused-ring (bicyclic) bond motifs is 1. The molecule has 0 amide bonds. The molecule has 156 valence electrons. The zero-order chi connectivity index (χ0) is 20.7. The van der Waals surface area contributed by atoms with Gasteiger partial charge in [-0.2, -0.15) is 0 Å². The van der Waals surface area contributed by atoms with Crippen LogP contribution in [0.25, 0.3) is 0 Å². The number of hydrogen-bond donors (Lipinski definition) is 2. The number of hydrogen-bond acceptors (Lipinski definition) is 4. The van der Waals surface area contributed by atoms with E-state index in [1.807, 2.05) is 6.07 Å². The first-order chi connectivity index (χ1) is 13.2. The highest BCUT2D eigenvalue weighted by molar-refractivity contribution is 5.53. The first-order valence-electron chi connectivity index (χ1n) is 10.4. The number of ether oxygens (including phenoxy) is 2. The van der Waals surface area contributed by atoms with Gasteiger partial charge in [-0.1, -0.05) is 32.8 Å². The van der Waals surface area contributed by atoms with Crippen molar-refractivity contribution < 1.29 is 19.7 Å². The van der Waals surface area contributed by atoms with Crippen molar-refractivity contribution in [2.45, 2.75) is 72.5 Å². The van der Waals surface area contributed by atoms with E-state index < -0.39 is 6.10 Å². The predicted octanol–water partition coefficient (Wildman–Crippen LogP) is 5.17. The van der Waals surface area contributed by atoms with Crippen LogP contribution in [0.4, 0.5) is 0 Å². The standard InChI is InChI=1S/C24H36O4/c1-15-8-9-19-23(2,3)10-7-11-24(19,4)20(15)21(26)17-12-16(14-25)13-18(27-5)22(17)28-6/h12-13,19,21,25-26H,7-11,14H2,1-6H3/t19-,21+,24-/m0/s1. The summed E-state index contributed by atoms with van der Waals surface area (Å²) in [4.78, 5) is 0. The van der Waals surface area contributed by atoms with E-state index in [2.05, 4.69) is 27.7 Å². The second kappa shape index (κ2) is 7.72. The number of methoxy groups -OCH3 is 2. The minimum Gasteiger partial charge on any atom is -0.493 e. The Labute approximate surface area is 169 Å². The third-order valence-electron chi connectivity index (χ3n) is 7.43. The summed E-state index contributed by atoms with van der Waals surface area (Å²) in [5.74, 6) is 1.65. The van der Waals surface area contributed by atoms with E-state index in [1.165, 1.54) is 24.8 Å². The molecular formula is C24H36O4. The summed E-state index contributed by atoms with van der Waals surface area (Å²) in [5.41, 5.74) is 4.08. The van der Waals surface area contributed by atoms with E-state index in [0.717, 1.165) is 18.4 Å². The quantitative estimate of drug-likeness (QED) is 0.683. The summed E-state index contributed by atoms with van der Waals surface area (Å²) in [5, 5.41) is 21.4.